The molecule has 1 atom stereocenters. The van der Waals surface area contributed by atoms with Crippen molar-refractivity contribution in [2.75, 3.05) is 0 Å². The highest BCUT2D eigenvalue weighted by atomic mass is 35.5. The predicted molar refractivity (Wildman–Crippen MR) is 90.6 cm³/mol. The van der Waals surface area contributed by atoms with E-state index in [0.717, 1.165) is 31.2 Å². The molecule has 1 aromatic carbocycles. The largest absolute Gasteiger partial charge is 0.414 e. The summed E-state index contributed by atoms with van der Waals surface area (Å²) in [6, 6.07) is 6.80. The van der Waals surface area contributed by atoms with Gasteiger partial charge in [0.05, 0.1) is 11.6 Å². The van der Waals surface area contributed by atoms with E-state index in [0.29, 0.717) is 29.2 Å². The van der Waals surface area contributed by atoms with Crippen LogP contribution in [0, 0.1) is 5.41 Å². The topological polar surface area (TPSA) is 55.4 Å². The first-order chi connectivity index (χ1) is 11.6. The first kappa shape index (κ1) is 15.7. The Kier molecular flexibility index (Phi) is 3.87. The van der Waals surface area contributed by atoms with Gasteiger partial charge in [0.25, 0.3) is 0 Å². The number of nitrogens with one attached hydrogen (secondary N) is 1. The van der Waals surface area contributed by atoms with E-state index in [4.69, 9.17) is 16.3 Å². The van der Waals surface area contributed by atoms with Crippen molar-refractivity contribution in [3.8, 4) is 0 Å². The van der Waals surface area contributed by atoms with Crippen LogP contribution in [0.5, 0.6) is 0 Å². The summed E-state index contributed by atoms with van der Waals surface area (Å²) >= 11 is 5.95. The number of alkyl carbamates (subject to hydrolysis) is 1. The van der Waals surface area contributed by atoms with Crippen molar-refractivity contribution in [3.05, 3.63) is 46.2 Å². The Balaban J connectivity index is 1.72. The Morgan fingerprint density at radius 2 is 1.75 bits per heavy atom. The highest BCUT2D eigenvalue weighted by molar-refractivity contribution is 6.30. The average Bonchev–Trinajstić information content (AvgIpc) is 2.55. The predicted octanol–water partition coefficient (Wildman–Crippen LogP) is 4.69. The molecule has 126 valence electrons. The number of amides is 1. The number of hydrogen-bond donors (Lipinski definition) is 1. The molecule has 0 radical (unpaired) electrons. The van der Waals surface area contributed by atoms with Crippen LogP contribution in [-0.4, -0.2) is 11.9 Å². The van der Waals surface area contributed by atoms with Gasteiger partial charge in [0, 0.05) is 17.9 Å². The van der Waals surface area contributed by atoms with Gasteiger partial charge in [-0.05, 0) is 36.0 Å². The normalized spacial score (nSPS) is 26.0. The Morgan fingerprint density at radius 3 is 2.46 bits per heavy atom. The molecule has 2 aliphatic carbocycles. The molecule has 1 spiro atoms. The van der Waals surface area contributed by atoms with Crippen molar-refractivity contribution >= 4 is 23.5 Å². The quantitative estimate of drug-likeness (QED) is 0.803. The van der Waals surface area contributed by atoms with Crippen molar-refractivity contribution in [3.63, 3.8) is 0 Å². The van der Waals surface area contributed by atoms with Crippen molar-refractivity contribution < 1.29 is 14.3 Å². The number of rotatable bonds is 1. The first-order valence-corrected chi connectivity index (χ1v) is 8.94. The molecule has 1 saturated carbocycles. The number of hydrogen-bond acceptors (Lipinski definition) is 3. The lowest BCUT2D eigenvalue weighted by molar-refractivity contribution is -0.120. The zero-order chi connectivity index (χ0) is 16.7. The van der Waals surface area contributed by atoms with Gasteiger partial charge in [0.1, 0.15) is 5.76 Å². The van der Waals surface area contributed by atoms with Crippen molar-refractivity contribution in [1.82, 2.24) is 5.32 Å². The zero-order valence-electron chi connectivity index (χ0n) is 13.4. The van der Waals surface area contributed by atoms with Crippen LogP contribution < -0.4 is 5.32 Å². The van der Waals surface area contributed by atoms with E-state index in [1.807, 2.05) is 12.1 Å². The molecule has 0 saturated heterocycles. The molecule has 24 heavy (non-hydrogen) atoms. The summed E-state index contributed by atoms with van der Waals surface area (Å²) in [6.07, 6.45) is 6.43. The molecule has 1 aromatic rings. The molecule has 4 nitrogen and oxygen atoms in total. The lowest BCUT2D eigenvalue weighted by Gasteiger charge is -2.43. The Morgan fingerprint density at radius 1 is 1.04 bits per heavy atom. The van der Waals surface area contributed by atoms with Crippen molar-refractivity contribution in [2.45, 2.75) is 51.0 Å². The first-order valence-electron chi connectivity index (χ1n) is 8.56. The molecular weight excluding hydrogens is 326 g/mol. The van der Waals surface area contributed by atoms with Gasteiger partial charge in [0.15, 0.2) is 5.78 Å². The maximum Gasteiger partial charge on any atom is 0.413 e. The molecule has 4 rings (SSSR count). The van der Waals surface area contributed by atoms with E-state index in [1.165, 1.54) is 6.42 Å². The zero-order valence-corrected chi connectivity index (χ0v) is 14.2. The average molecular weight is 346 g/mol. The van der Waals surface area contributed by atoms with E-state index in [1.54, 1.807) is 12.1 Å². The number of halogens is 1. The summed E-state index contributed by atoms with van der Waals surface area (Å²) in [5, 5.41) is 3.42. The van der Waals surface area contributed by atoms with Gasteiger partial charge >= 0.3 is 6.09 Å². The second-order valence-electron chi connectivity index (χ2n) is 7.19. The third-order valence-electron chi connectivity index (χ3n) is 5.56. The highest BCUT2D eigenvalue weighted by Gasteiger charge is 2.46. The molecule has 1 amide bonds. The van der Waals surface area contributed by atoms with Gasteiger partial charge in [-0.3, -0.25) is 4.79 Å². The number of ether oxygens (including phenoxy) is 1. The fraction of sp³-hybridized carbons (Fsp3) is 0.474. The van der Waals surface area contributed by atoms with Crippen LogP contribution in [0.15, 0.2) is 35.6 Å². The standard InChI is InChI=1S/C19H20ClNO3/c20-13-6-4-12(5-7-13)17-16-14(22)10-19(8-2-1-3-9-19)11-15(16)24-18(23)21-17/h4-7,17H,1-3,8-11H2,(H,21,23). The van der Waals surface area contributed by atoms with Crippen LogP contribution in [0.4, 0.5) is 4.79 Å². The van der Waals surface area contributed by atoms with Crippen molar-refractivity contribution in [1.29, 1.82) is 0 Å². The van der Waals surface area contributed by atoms with Gasteiger partial charge in [-0.25, -0.2) is 4.79 Å². The molecule has 0 aromatic heterocycles. The molecule has 1 heterocycles. The van der Waals surface area contributed by atoms with E-state index >= 15 is 0 Å². The number of carbonyl (C=O) groups excluding carboxylic acids is 2. The van der Waals surface area contributed by atoms with E-state index in [-0.39, 0.29) is 11.2 Å². The molecule has 5 heteroatoms. The number of Topliss-reactive ketones (excluding diaryl/α,β-unsaturated/α-hetero) is 1. The second-order valence-corrected chi connectivity index (χ2v) is 7.63. The number of allylic oxidation sites excluding steroid dienone is 1. The Hall–Kier alpha value is -1.81. The molecule has 3 aliphatic rings. The van der Waals surface area contributed by atoms with Gasteiger partial charge < -0.3 is 10.1 Å². The number of benzene rings is 1. The highest BCUT2D eigenvalue weighted by Crippen LogP contribution is 2.50. The summed E-state index contributed by atoms with van der Waals surface area (Å²) in [7, 11) is 0. The Bertz CT molecular complexity index is 717. The molecule has 1 N–H and O–H groups in total. The van der Waals surface area contributed by atoms with E-state index in [2.05, 4.69) is 5.32 Å². The Labute approximate surface area is 146 Å². The fourth-order valence-corrected chi connectivity index (χ4v) is 4.52. The van der Waals surface area contributed by atoms with Gasteiger partial charge in [-0.2, -0.15) is 0 Å². The third kappa shape index (κ3) is 2.73. The smallest absolute Gasteiger partial charge is 0.413 e. The van der Waals surface area contributed by atoms with E-state index in [9.17, 15) is 9.59 Å². The number of carbonyl (C=O) groups is 2. The van der Waals surface area contributed by atoms with Crippen molar-refractivity contribution in [2.24, 2.45) is 5.41 Å². The SMILES string of the molecule is O=C1NC(c2ccc(Cl)cc2)C2=C(CC3(CCCCC3)CC2=O)O1. The minimum atomic E-state index is -0.477. The summed E-state index contributed by atoms with van der Waals surface area (Å²) < 4.78 is 5.45. The monoisotopic (exact) mass is 345 g/mol. The third-order valence-corrected chi connectivity index (χ3v) is 5.81. The van der Waals surface area contributed by atoms with Gasteiger partial charge in [-0.1, -0.05) is 43.0 Å². The maximum atomic E-state index is 12.9. The molecular formula is C19H20ClNO3. The fourth-order valence-electron chi connectivity index (χ4n) is 4.39. The summed E-state index contributed by atoms with van der Waals surface area (Å²) in [5.41, 5.74) is 1.47. The summed E-state index contributed by atoms with van der Waals surface area (Å²) in [5.74, 6) is 0.690. The van der Waals surface area contributed by atoms with Crippen LogP contribution in [0.2, 0.25) is 5.02 Å². The molecule has 0 bridgehead atoms. The van der Waals surface area contributed by atoms with Crippen LogP contribution >= 0.6 is 11.6 Å². The van der Waals surface area contributed by atoms with Gasteiger partial charge in [-0.15, -0.1) is 0 Å². The second kappa shape index (κ2) is 5.92. The summed E-state index contributed by atoms with van der Waals surface area (Å²) in [6.45, 7) is 0. The maximum absolute atomic E-state index is 12.9. The lowest BCUT2D eigenvalue weighted by atomic mass is 9.64. The van der Waals surface area contributed by atoms with Crippen LogP contribution in [-0.2, 0) is 9.53 Å². The van der Waals surface area contributed by atoms with Crippen LogP contribution in [0.3, 0.4) is 0 Å². The molecule has 1 fully saturated rings. The minimum absolute atomic E-state index is 0.00364. The lowest BCUT2D eigenvalue weighted by Crippen LogP contribution is -2.43. The van der Waals surface area contributed by atoms with Crippen LogP contribution in [0.1, 0.15) is 56.6 Å². The van der Waals surface area contributed by atoms with E-state index < -0.39 is 12.1 Å². The molecule has 1 aliphatic heterocycles. The number of ketones is 1. The van der Waals surface area contributed by atoms with Crippen LogP contribution in [0.25, 0.3) is 0 Å². The van der Waals surface area contributed by atoms with Gasteiger partial charge in [0.2, 0.25) is 0 Å². The minimum Gasteiger partial charge on any atom is -0.414 e. The summed E-state index contributed by atoms with van der Waals surface area (Å²) in [4.78, 5) is 25.0. The molecule has 1 unspecified atom stereocenters.